The minimum atomic E-state index is -0.606. The Labute approximate surface area is 101 Å². The first kappa shape index (κ1) is 10.5. The van der Waals surface area contributed by atoms with Crippen LogP contribution in [0.25, 0.3) is 17.2 Å². The van der Waals surface area contributed by atoms with Gasteiger partial charge in [0.15, 0.2) is 5.76 Å². The highest BCUT2D eigenvalue weighted by Crippen LogP contribution is 2.19. The second-order valence-corrected chi connectivity index (χ2v) is 3.45. The van der Waals surface area contributed by atoms with E-state index in [1.54, 1.807) is 30.7 Å². The summed E-state index contributed by atoms with van der Waals surface area (Å²) in [6.07, 6.45) is 3.13. The van der Waals surface area contributed by atoms with Crippen LogP contribution in [-0.2, 0) is 4.74 Å². The van der Waals surface area contributed by atoms with Gasteiger partial charge in [-0.1, -0.05) is 0 Å². The summed E-state index contributed by atoms with van der Waals surface area (Å²) in [5.74, 6) is 0.280. The van der Waals surface area contributed by atoms with Crippen molar-refractivity contribution in [1.29, 1.82) is 0 Å². The molecule has 0 fully saturated rings. The van der Waals surface area contributed by atoms with Crippen LogP contribution in [0.1, 0.15) is 10.6 Å². The third kappa shape index (κ3) is 1.53. The fourth-order valence-corrected chi connectivity index (χ4v) is 1.58. The number of methoxy groups -OCH3 is 1. The molecule has 0 saturated carbocycles. The fourth-order valence-electron chi connectivity index (χ4n) is 1.58. The van der Waals surface area contributed by atoms with E-state index in [2.05, 4.69) is 19.8 Å². The molecule has 0 N–H and O–H groups in total. The van der Waals surface area contributed by atoms with E-state index < -0.39 is 5.97 Å². The second-order valence-electron chi connectivity index (χ2n) is 3.45. The van der Waals surface area contributed by atoms with Crippen molar-refractivity contribution in [3.05, 3.63) is 36.5 Å². The molecule has 7 heteroatoms. The quantitative estimate of drug-likeness (QED) is 0.629. The van der Waals surface area contributed by atoms with Gasteiger partial charge < -0.3 is 9.15 Å². The zero-order valence-corrected chi connectivity index (χ0v) is 9.40. The number of esters is 1. The molecule has 18 heavy (non-hydrogen) atoms. The van der Waals surface area contributed by atoms with Crippen LogP contribution in [0.15, 0.2) is 35.1 Å². The smallest absolute Gasteiger partial charge is 0.378 e. The van der Waals surface area contributed by atoms with Crippen molar-refractivity contribution in [1.82, 2.24) is 19.6 Å². The Morgan fingerprint density at radius 2 is 2.33 bits per heavy atom. The number of ether oxygens (including phenoxy) is 1. The summed E-state index contributed by atoms with van der Waals surface area (Å²) in [6.45, 7) is 0. The first-order chi connectivity index (χ1) is 8.79. The number of aromatic nitrogens is 4. The first-order valence-corrected chi connectivity index (χ1v) is 5.13. The van der Waals surface area contributed by atoms with Gasteiger partial charge in [-0.15, -0.1) is 5.10 Å². The summed E-state index contributed by atoms with van der Waals surface area (Å²) in [4.78, 5) is 19.4. The van der Waals surface area contributed by atoms with E-state index in [0.29, 0.717) is 17.2 Å². The molecular weight excluding hydrogens is 236 g/mol. The van der Waals surface area contributed by atoms with Gasteiger partial charge in [0, 0.05) is 6.20 Å². The highest BCUT2D eigenvalue weighted by atomic mass is 16.5. The monoisotopic (exact) mass is 244 g/mol. The Kier molecular flexibility index (Phi) is 2.30. The van der Waals surface area contributed by atoms with Crippen molar-refractivity contribution < 1.29 is 13.9 Å². The normalized spacial score (nSPS) is 10.7. The molecule has 3 heterocycles. The third-order valence-corrected chi connectivity index (χ3v) is 2.38. The van der Waals surface area contributed by atoms with E-state index in [-0.39, 0.29) is 5.82 Å². The van der Waals surface area contributed by atoms with Crippen molar-refractivity contribution in [2.45, 2.75) is 0 Å². The number of carbonyl (C=O) groups excluding carboxylic acids is 1. The van der Waals surface area contributed by atoms with Gasteiger partial charge in [0.1, 0.15) is 5.69 Å². The van der Waals surface area contributed by atoms with Crippen LogP contribution in [0.5, 0.6) is 0 Å². The van der Waals surface area contributed by atoms with Crippen molar-refractivity contribution in [3.8, 4) is 11.5 Å². The molecule has 0 spiro atoms. The Morgan fingerprint density at radius 3 is 3.06 bits per heavy atom. The van der Waals surface area contributed by atoms with Crippen LogP contribution in [-0.4, -0.2) is 32.7 Å². The van der Waals surface area contributed by atoms with Crippen LogP contribution in [0.3, 0.4) is 0 Å². The van der Waals surface area contributed by atoms with Crippen molar-refractivity contribution in [2.75, 3.05) is 7.11 Å². The predicted octanol–water partition coefficient (Wildman–Crippen LogP) is 1.17. The van der Waals surface area contributed by atoms with E-state index in [0.717, 1.165) is 0 Å². The standard InChI is InChI=1S/C11H8N4O3/c1-17-10(16)9-13-11-12-5-4-7(15(11)14-9)8-3-2-6-18-8/h2-6H,1H3. The molecule has 0 aliphatic rings. The Balaban J connectivity index is 2.22. The molecule has 0 aliphatic heterocycles. The molecule has 0 amide bonds. The molecule has 3 aromatic heterocycles. The molecule has 0 unspecified atom stereocenters. The van der Waals surface area contributed by atoms with Gasteiger partial charge in [-0.3, -0.25) is 0 Å². The lowest BCUT2D eigenvalue weighted by Crippen LogP contribution is -2.04. The summed E-state index contributed by atoms with van der Waals surface area (Å²) < 4.78 is 11.3. The zero-order chi connectivity index (χ0) is 12.5. The Morgan fingerprint density at radius 1 is 1.44 bits per heavy atom. The fraction of sp³-hybridized carbons (Fsp3) is 0.0909. The van der Waals surface area contributed by atoms with Crippen LogP contribution < -0.4 is 0 Å². The number of fused-ring (bicyclic) bond motifs is 1. The first-order valence-electron chi connectivity index (χ1n) is 5.13. The molecule has 0 aromatic carbocycles. The Bertz CT molecular complexity index is 702. The number of rotatable bonds is 2. The van der Waals surface area contributed by atoms with Gasteiger partial charge >= 0.3 is 5.97 Å². The largest absolute Gasteiger partial charge is 0.463 e. The van der Waals surface area contributed by atoms with Crippen LogP contribution >= 0.6 is 0 Å². The lowest BCUT2D eigenvalue weighted by atomic mass is 10.3. The highest BCUT2D eigenvalue weighted by molar-refractivity contribution is 5.85. The maximum absolute atomic E-state index is 11.4. The minimum Gasteiger partial charge on any atom is -0.463 e. The zero-order valence-electron chi connectivity index (χ0n) is 9.40. The van der Waals surface area contributed by atoms with Gasteiger partial charge in [-0.05, 0) is 18.2 Å². The number of hydrogen-bond acceptors (Lipinski definition) is 6. The van der Waals surface area contributed by atoms with Gasteiger partial charge in [0.05, 0.1) is 13.4 Å². The molecule has 90 valence electrons. The molecule has 0 radical (unpaired) electrons. The molecule has 0 bridgehead atoms. The second kappa shape index (κ2) is 3.95. The van der Waals surface area contributed by atoms with Gasteiger partial charge in [-0.25, -0.2) is 9.78 Å². The Hall–Kier alpha value is -2.70. The molecule has 0 saturated heterocycles. The van der Waals surface area contributed by atoms with E-state index in [4.69, 9.17) is 4.42 Å². The van der Waals surface area contributed by atoms with Gasteiger partial charge in [-0.2, -0.15) is 9.50 Å². The van der Waals surface area contributed by atoms with E-state index in [1.807, 2.05) is 0 Å². The molecule has 7 nitrogen and oxygen atoms in total. The molecule has 3 aromatic rings. The lowest BCUT2D eigenvalue weighted by molar-refractivity contribution is 0.0587. The SMILES string of the molecule is COC(=O)c1nc2nccc(-c3ccco3)n2n1. The summed E-state index contributed by atoms with van der Waals surface area (Å²) in [7, 11) is 1.27. The molecule has 0 atom stereocenters. The minimum absolute atomic E-state index is 0.0380. The maximum Gasteiger partial charge on any atom is 0.378 e. The molecule has 0 aliphatic carbocycles. The number of nitrogens with zero attached hydrogens (tertiary/aromatic N) is 4. The van der Waals surface area contributed by atoms with Crippen LogP contribution in [0.2, 0.25) is 0 Å². The van der Waals surface area contributed by atoms with Gasteiger partial charge in [0.25, 0.3) is 11.6 Å². The third-order valence-electron chi connectivity index (χ3n) is 2.38. The number of carbonyl (C=O) groups is 1. The topological polar surface area (TPSA) is 82.5 Å². The number of furan rings is 1. The van der Waals surface area contributed by atoms with Gasteiger partial charge in [0.2, 0.25) is 0 Å². The highest BCUT2D eigenvalue weighted by Gasteiger charge is 2.16. The average molecular weight is 244 g/mol. The van der Waals surface area contributed by atoms with Crippen LogP contribution in [0.4, 0.5) is 0 Å². The maximum atomic E-state index is 11.4. The predicted molar refractivity (Wildman–Crippen MR) is 59.8 cm³/mol. The molecule has 3 rings (SSSR count). The van der Waals surface area contributed by atoms with E-state index >= 15 is 0 Å². The van der Waals surface area contributed by atoms with Crippen molar-refractivity contribution in [3.63, 3.8) is 0 Å². The summed E-state index contributed by atoms with van der Waals surface area (Å²) in [6, 6.07) is 5.27. The van der Waals surface area contributed by atoms with Crippen molar-refractivity contribution in [2.24, 2.45) is 0 Å². The molecular formula is C11H8N4O3. The number of hydrogen-bond donors (Lipinski definition) is 0. The summed E-state index contributed by atoms with van der Waals surface area (Å²) in [5.41, 5.74) is 0.660. The summed E-state index contributed by atoms with van der Waals surface area (Å²) >= 11 is 0. The van der Waals surface area contributed by atoms with E-state index in [1.165, 1.54) is 11.6 Å². The van der Waals surface area contributed by atoms with Crippen LogP contribution in [0, 0.1) is 0 Å². The van der Waals surface area contributed by atoms with E-state index in [9.17, 15) is 4.79 Å². The average Bonchev–Trinajstić information content (AvgIpc) is 3.05. The van der Waals surface area contributed by atoms with Crippen molar-refractivity contribution >= 4 is 11.7 Å². The lowest BCUT2D eigenvalue weighted by Gasteiger charge is -1.98. The summed E-state index contributed by atoms with van der Waals surface area (Å²) in [5, 5.41) is 4.05.